The Labute approximate surface area is 101 Å². The molecule has 0 radical (unpaired) electrons. The lowest BCUT2D eigenvalue weighted by Crippen LogP contribution is -2.27. The average molecular weight is 236 g/mol. The van der Waals surface area contributed by atoms with Crippen molar-refractivity contribution in [1.82, 2.24) is 20.8 Å². The summed E-state index contributed by atoms with van der Waals surface area (Å²) in [4.78, 5) is 4.52. The van der Waals surface area contributed by atoms with Crippen LogP contribution < -0.4 is 10.6 Å². The molecule has 3 heterocycles. The van der Waals surface area contributed by atoms with Crippen molar-refractivity contribution in [3.63, 3.8) is 0 Å². The number of hydrogen-bond acceptors (Lipinski definition) is 5. The Kier molecular flexibility index (Phi) is 3.38. The predicted molar refractivity (Wildman–Crippen MR) is 63.6 cm³/mol. The lowest BCUT2D eigenvalue weighted by molar-refractivity contribution is 0.341. The third-order valence-corrected chi connectivity index (χ3v) is 3.69. The highest BCUT2D eigenvalue weighted by molar-refractivity contribution is 4.97. The molecule has 2 aliphatic heterocycles. The third-order valence-electron chi connectivity index (χ3n) is 3.69. The molecule has 0 amide bonds. The van der Waals surface area contributed by atoms with E-state index in [1.54, 1.807) is 0 Å². The fourth-order valence-electron chi connectivity index (χ4n) is 2.71. The van der Waals surface area contributed by atoms with E-state index in [1.165, 1.54) is 25.7 Å². The number of nitrogens with zero attached hydrogens (tertiary/aromatic N) is 2. The van der Waals surface area contributed by atoms with Gasteiger partial charge in [-0.3, -0.25) is 0 Å². The maximum Gasteiger partial charge on any atom is 0.228 e. The van der Waals surface area contributed by atoms with Crippen LogP contribution in [-0.4, -0.2) is 29.3 Å². The van der Waals surface area contributed by atoms with Crippen molar-refractivity contribution in [2.75, 3.05) is 13.1 Å². The largest absolute Gasteiger partial charge is 0.339 e. The van der Waals surface area contributed by atoms with Gasteiger partial charge in [-0.25, -0.2) is 0 Å². The molecular weight excluding hydrogens is 216 g/mol. The number of rotatable bonds is 3. The molecule has 17 heavy (non-hydrogen) atoms. The molecule has 0 aromatic carbocycles. The van der Waals surface area contributed by atoms with Gasteiger partial charge in [0.25, 0.3) is 0 Å². The van der Waals surface area contributed by atoms with E-state index in [1.807, 2.05) is 0 Å². The quantitative estimate of drug-likeness (QED) is 0.825. The van der Waals surface area contributed by atoms with Gasteiger partial charge in [0.15, 0.2) is 5.82 Å². The second-order valence-electron chi connectivity index (χ2n) is 5.05. The van der Waals surface area contributed by atoms with Gasteiger partial charge in [-0.05, 0) is 38.8 Å². The van der Waals surface area contributed by atoms with Crippen molar-refractivity contribution in [3.05, 3.63) is 11.7 Å². The minimum absolute atomic E-state index is 0.304. The summed E-state index contributed by atoms with van der Waals surface area (Å²) < 4.78 is 5.34. The predicted octanol–water partition coefficient (Wildman–Crippen LogP) is 1.18. The summed E-state index contributed by atoms with van der Waals surface area (Å²) in [7, 11) is 0. The van der Waals surface area contributed by atoms with E-state index >= 15 is 0 Å². The molecule has 1 aromatic rings. The molecule has 5 heteroatoms. The molecule has 0 bridgehead atoms. The van der Waals surface area contributed by atoms with E-state index in [-0.39, 0.29) is 0 Å². The van der Waals surface area contributed by atoms with E-state index in [2.05, 4.69) is 20.8 Å². The van der Waals surface area contributed by atoms with Gasteiger partial charge in [-0.15, -0.1) is 0 Å². The van der Waals surface area contributed by atoms with E-state index in [9.17, 15) is 0 Å². The molecule has 2 unspecified atom stereocenters. The Bertz CT molecular complexity index is 353. The summed E-state index contributed by atoms with van der Waals surface area (Å²) in [6.07, 6.45) is 6.99. The van der Waals surface area contributed by atoms with Crippen LogP contribution in [0.25, 0.3) is 0 Å². The van der Waals surface area contributed by atoms with E-state index < -0.39 is 0 Å². The molecule has 5 nitrogen and oxygen atoms in total. The molecule has 0 saturated carbocycles. The molecule has 1 aromatic heterocycles. The van der Waals surface area contributed by atoms with Crippen LogP contribution in [0.5, 0.6) is 0 Å². The van der Waals surface area contributed by atoms with Crippen molar-refractivity contribution < 1.29 is 4.52 Å². The van der Waals surface area contributed by atoms with Crippen molar-refractivity contribution >= 4 is 0 Å². The molecule has 0 spiro atoms. The first-order chi connectivity index (χ1) is 8.42. The summed E-state index contributed by atoms with van der Waals surface area (Å²) in [5, 5.41) is 11.0. The van der Waals surface area contributed by atoms with Gasteiger partial charge in [0.2, 0.25) is 5.89 Å². The van der Waals surface area contributed by atoms with Gasteiger partial charge in [0.1, 0.15) is 0 Å². The fourth-order valence-corrected chi connectivity index (χ4v) is 2.71. The van der Waals surface area contributed by atoms with Crippen molar-refractivity contribution in [2.45, 2.75) is 50.6 Å². The highest BCUT2D eigenvalue weighted by Crippen LogP contribution is 2.21. The van der Waals surface area contributed by atoms with Crippen LogP contribution in [0.4, 0.5) is 0 Å². The Hall–Kier alpha value is -0.940. The maximum atomic E-state index is 5.34. The Morgan fingerprint density at radius 2 is 2.06 bits per heavy atom. The monoisotopic (exact) mass is 236 g/mol. The number of hydrogen-bond donors (Lipinski definition) is 2. The van der Waals surface area contributed by atoms with Crippen LogP contribution in [0.3, 0.4) is 0 Å². The van der Waals surface area contributed by atoms with Crippen LogP contribution in [0.15, 0.2) is 4.52 Å². The number of piperidine rings is 1. The minimum atomic E-state index is 0.304. The summed E-state index contributed by atoms with van der Waals surface area (Å²) in [6, 6.07) is 0.834. The molecule has 2 aliphatic rings. The van der Waals surface area contributed by atoms with E-state index in [0.717, 1.165) is 37.6 Å². The SMILES string of the molecule is C1CCC(c2noc(CC3CCCN3)n2)NC1. The second kappa shape index (κ2) is 5.14. The van der Waals surface area contributed by atoms with Crippen LogP contribution in [-0.2, 0) is 6.42 Å². The average Bonchev–Trinajstić information content (AvgIpc) is 3.02. The van der Waals surface area contributed by atoms with Gasteiger partial charge in [-0.1, -0.05) is 11.6 Å². The Morgan fingerprint density at radius 1 is 1.12 bits per heavy atom. The molecule has 94 valence electrons. The maximum absolute atomic E-state index is 5.34. The molecule has 3 rings (SSSR count). The lowest BCUT2D eigenvalue weighted by Gasteiger charge is -2.19. The zero-order valence-electron chi connectivity index (χ0n) is 10.1. The Balaban J connectivity index is 1.60. The summed E-state index contributed by atoms with van der Waals surface area (Å²) in [5.41, 5.74) is 0. The zero-order valence-corrected chi connectivity index (χ0v) is 10.1. The molecule has 0 aliphatic carbocycles. The molecule has 2 saturated heterocycles. The normalized spacial score (nSPS) is 29.6. The summed E-state index contributed by atoms with van der Waals surface area (Å²) >= 11 is 0. The van der Waals surface area contributed by atoms with Gasteiger partial charge in [0.05, 0.1) is 6.04 Å². The molecule has 2 fully saturated rings. The first-order valence-corrected chi connectivity index (χ1v) is 6.71. The van der Waals surface area contributed by atoms with Gasteiger partial charge in [-0.2, -0.15) is 4.98 Å². The minimum Gasteiger partial charge on any atom is -0.339 e. The number of aromatic nitrogens is 2. The van der Waals surface area contributed by atoms with Crippen molar-refractivity contribution in [3.8, 4) is 0 Å². The van der Waals surface area contributed by atoms with Gasteiger partial charge < -0.3 is 15.2 Å². The highest BCUT2D eigenvalue weighted by Gasteiger charge is 2.22. The van der Waals surface area contributed by atoms with Crippen LogP contribution >= 0.6 is 0 Å². The van der Waals surface area contributed by atoms with Gasteiger partial charge >= 0.3 is 0 Å². The fraction of sp³-hybridized carbons (Fsp3) is 0.833. The standard InChI is InChI=1S/C12H20N4O/c1-2-6-14-10(5-1)12-15-11(17-16-12)8-9-4-3-7-13-9/h9-10,13-14H,1-8H2. The molecular formula is C12H20N4O. The molecule has 2 atom stereocenters. The van der Waals surface area contributed by atoms with Crippen LogP contribution in [0.1, 0.15) is 49.9 Å². The van der Waals surface area contributed by atoms with Crippen LogP contribution in [0.2, 0.25) is 0 Å². The Morgan fingerprint density at radius 3 is 2.82 bits per heavy atom. The molecule has 2 N–H and O–H groups in total. The lowest BCUT2D eigenvalue weighted by atomic mass is 10.0. The van der Waals surface area contributed by atoms with E-state index in [0.29, 0.717) is 12.1 Å². The second-order valence-corrected chi connectivity index (χ2v) is 5.05. The first kappa shape index (κ1) is 11.2. The van der Waals surface area contributed by atoms with Crippen molar-refractivity contribution in [2.24, 2.45) is 0 Å². The first-order valence-electron chi connectivity index (χ1n) is 6.71. The smallest absolute Gasteiger partial charge is 0.228 e. The highest BCUT2D eigenvalue weighted by atomic mass is 16.5. The number of nitrogens with one attached hydrogen (secondary N) is 2. The zero-order chi connectivity index (χ0) is 11.5. The van der Waals surface area contributed by atoms with Crippen molar-refractivity contribution in [1.29, 1.82) is 0 Å². The third kappa shape index (κ3) is 2.66. The van der Waals surface area contributed by atoms with E-state index in [4.69, 9.17) is 4.52 Å². The van der Waals surface area contributed by atoms with Gasteiger partial charge in [0, 0.05) is 12.5 Å². The van der Waals surface area contributed by atoms with Crippen LogP contribution in [0, 0.1) is 0 Å². The summed E-state index contributed by atoms with van der Waals surface area (Å²) in [6.45, 7) is 2.19. The summed E-state index contributed by atoms with van der Waals surface area (Å²) in [5.74, 6) is 1.63. The topological polar surface area (TPSA) is 63.0 Å².